The molecule has 1 aliphatic rings. The molecule has 106 valence electrons. The second kappa shape index (κ2) is 6.15. The van der Waals surface area contributed by atoms with Crippen LogP contribution in [0.2, 0.25) is 0 Å². The van der Waals surface area contributed by atoms with Gasteiger partial charge in [0.25, 0.3) is 0 Å². The van der Waals surface area contributed by atoms with Crippen LogP contribution in [0.4, 0.5) is 11.4 Å². The molecule has 0 bridgehead atoms. The van der Waals surface area contributed by atoms with E-state index in [0.29, 0.717) is 5.69 Å². The number of rotatable bonds is 3. The van der Waals surface area contributed by atoms with Crippen molar-refractivity contribution >= 4 is 11.4 Å². The van der Waals surface area contributed by atoms with E-state index in [1.807, 2.05) is 26.0 Å². The zero-order valence-electron chi connectivity index (χ0n) is 12.1. The third-order valence-electron chi connectivity index (χ3n) is 3.18. The number of hydrogen-bond acceptors (Lipinski definition) is 4. The number of ether oxygens (including phenoxy) is 2. The number of hydrogen-bond donors (Lipinski definition) is 1. The first-order valence-corrected chi connectivity index (χ1v) is 6.99. The lowest BCUT2D eigenvalue weighted by atomic mass is 10.2. The molecule has 1 aliphatic heterocycles. The number of anilines is 2. The molecule has 1 saturated heterocycles. The van der Waals surface area contributed by atoms with Gasteiger partial charge in [-0.2, -0.15) is 0 Å². The minimum atomic E-state index is 0.129. The molecule has 4 nitrogen and oxygen atoms in total. The van der Waals surface area contributed by atoms with Crippen molar-refractivity contribution in [1.29, 1.82) is 0 Å². The van der Waals surface area contributed by atoms with E-state index in [1.54, 1.807) is 0 Å². The fraction of sp³-hybridized carbons (Fsp3) is 0.600. The predicted octanol–water partition coefficient (Wildman–Crippen LogP) is 2.67. The first-order chi connectivity index (χ1) is 9.06. The predicted molar refractivity (Wildman–Crippen MR) is 78.9 cm³/mol. The van der Waals surface area contributed by atoms with Gasteiger partial charge in [-0.1, -0.05) is 0 Å². The Morgan fingerprint density at radius 1 is 1.42 bits per heavy atom. The van der Waals surface area contributed by atoms with Crippen LogP contribution < -0.4 is 15.4 Å². The molecule has 1 fully saturated rings. The highest BCUT2D eigenvalue weighted by molar-refractivity contribution is 5.62. The average molecular weight is 264 g/mol. The van der Waals surface area contributed by atoms with Crippen molar-refractivity contribution in [1.82, 2.24) is 0 Å². The van der Waals surface area contributed by atoms with Crippen molar-refractivity contribution in [3.63, 3.8) is 0 Å². The smallest absolute Gasteiger partial charge is 0.144 e. The number of benzene rings is 1. The summed E-state index contributed by atoms with van der Waals surface area (Å²) in [6, 6.07) is 6.01. The van der Waals surface area contributed by atoms with Gasteiger partial charge in [-0.3, -0.25) is 0 Å². The van der Waals surface area contributed by atoms with Crippen LogP contribution in [0.1, 0.15) is 27.2 Å². The summed E-state index contributed by atoms with van der Waals surface area (Å²) in [6.45, 7) is 8.88. The van der Waals surface area contributed by atoms with Crippen LogP contribution in [0.3, 0.4) is 0 Å². The molecule has 0 aromatic heterocycles. The van der Waals surface area contributed by atoms with Crippen LogP contribution in [0, 0.1) is 0 Å². The summed E-state index contributed by atoms with van der Waals surface area (Å²) >= 11 is 0. The van der Waals surface area contributed by atoms with E-state index in [0.717, 1.165) is 37.6 Å². The molecule has 19 heavy (non-hydrogen) atoms. The van der Waals surface area contributed by atoms with E-state index in [2.05, 4.69) is 17.9 Å². The summed E-state index contributed by atoms with van der Waals surface area (Å²) in [5.41, 5.74) is 7.80. The van der Waals surface area contributed by atoms with Gasteiger partial charge in [-0.05, 0) is 39.3 Å². The molecule has 1 unspecified atom stereocenters. The second-order valence-electron chi connectivity index (χ2n) is 5.37. The van der Waals surface area contributed by atoms with Gasteiger partial charge in [-0.15, -0.1) is 0 Å². The van der Waals surface area contributed by atoms with E-state index in [-0.39, 0.29) is 12.2 Å². The fourth-order valence-electron chi connectivity index (χ4n) is 2.30. The molecule has 1 atom stereocenters. The van der Waals surface area contributed by atoms with E-state index < -0.39 is 0 Å². The summed E-state index contributed by atoms with van der Waals surface area (Å²) in [5, 5.41) is 0. The van der Waals surface area contributed by atoms with Crippen LogP contribution in [-0.2, 0) is 4.74 Å². The molecule has 1 aromatic rings. The molecule has 4 heteroatoms. The van der Waals surface area contributed by atoms with Crippen LogP contribution in [0.5, 0.6) is 5.75 Å². The van der Waals surface area contributed by atoms with Crippen molar-refractivity contribution in [3.8, 4) is 5.75 Å². The van der Waals surface area contributed by atoms with E-state index in [4.69, 9.17) is 15.2 Å². The average Bonchev–Trinajstić information content (AvgIpc) is 2.56. The lowest BCUT2D eigenvalue weighted by Gasteiger charge is -2.25. The van der Waals surface area contributed by atoms with Crippen molar-refractivity contribution in [3.05, 3.63) is 18.2 Å². The first kappa shape index (κ1) is 14.0. The Bertz CT molecular complexity index is 421. The Morgan fingerprint density at radius 3 is 2.95 bits per heavy atom. The van der Waals surface area contributed by atoms with Gasteiger partial charge >= 0.3 is 0 Å². The van der Waals surface area contributed by atoms with Crippen LogP contribution >= 0.6 is 0 Å². The molecule has 1 heterocycles. The summed E-state index contributed by atoms with van der Waals surface area (Å²) in [4.78, 5) is 2.34. The van der Waals surface area contributed by atoms with Gasteiger partial charge in [0.15, 0.2) is 0 Å². The summed E-state index contributed by atoms with van der Waals surface area (Å²) in [5.74, 6) is 0.769. The fourth-order valence-corrected chi connectivity index (χ4v) is 2.30. The van der Waals surface area contributed by atoms with E-state index >= 15 is 0 Å². The van der Waals surface area contributed by atoms with Gasteiger partial charge < -0.3 is 20.1 Å². The molecule has 0 spiro atoms. The summed E-state index contributed by atoms with van der Waals surface area (Å²) in [7, 11) is 0. The van der Waals surface area contributed by atoms with Crippen LogP contribution in [0.25, 0.3) is 0 Å². The number of nitrogens with two attached hydrogens (primary N) is 1. The lowest BCUT2D eigenvalue weighted by molar-refractivity contribution is 0.0821. The highest BCUT2D eigenvalue weighted by Crippen LogP contribution is 2.29. The normalized spacial score (nSPS) is 20.4. The van der Waals surface area contributed by atoms with Crippen LogP contribution in [0.15, 0.2) is 18.2 Å². The topological polar surface area (TPSA) is 47.7 Å². The minimum Gasteiger partial charge on any atom is -0.489 e. The highest BCUT2D eigenvalue weighted by Gasteiger charge is 2.16. The molecule has 0 amide bonds. The first-order valence-electron chi connectivity index (χ1n) is 6.99. The zero-order valence-corrected chi connectivity index (χ0v) is 12.1. The molecule has 2 N–H and O–H groups in total. The zero-order chi connectivity index (χ0) is 13.8. The van der Waals surface area contributed by atoms with Gasteiger partial charge in [0.05, 0.1) is 17.9 Å². The third kappa shape index (κ3) is 3.77. The molecular weight excluding hydrogens is 240 g/mol. The van der Waals surface area contributed by atoms with E-state index in [9.17, 15) is 0 Å². The van der Waals surface area contributed by atoms with Crippen molar-refractivity contribution in [2.75, 3.05) is 30.3 Å². The van der Waals surface area contributed by atoms with Gasteiger partial charge in [0, 0.05) is 31.5 Å². The highest BCUT2D eigenvalue weighted by atomic mass is 16.5. The summed E-state index contributed by atoms with van der Waals surface area (Å²) in [6.07, 6.45) is 1.44. The van der Waals surface area contributed by atoms with Gasteiger partial charge in [0.2, 0.25) is 0 Å². The largest absolute Gasteiger partial charge is 0.489 e. The standard InChI is InChI=1S/C15H24N2O2/c1-11(2)19-15-9-13(5-6-14(15)16)17-7-4-8-18-12(3)10-17/h5-6,9,11-12H,4,7-8,10,16H2,1-3H3. The Labute approximate surface area is 115 Å². The summed E-state index contributed by atoms with van der Waals surface area (Å²) < 4.78 is 11.4. The maximum Gasteiger partial charge on any atom is 0.144 e. The Hall–Kier alpha value is -1.42. The molecule has 0 radical (unpaired) electrons. The Balaban J connectivity index is 2.19. The molecular formula is C15H24N2O2. The van der Waals surface area contributed by atoms with Crippen molar-refractivity contribution < 1.29 is 9.47 Å². The van der Waals surface area contributed by atoms with Gasteiger partial charge in [0.1, 0.15) is 5.75 Å². The second-order valence-corrected chi connectivity index (χ2v) is 5.37. The molecule has 0 aliphatic carbocycles. The lowest BCUT2D eigenvalue weighted by Crippen LogP contribution is -2.30. The third-order valence-corrected chi connectivity index (χ3v) is 3.18. The molecule has 2 rings (SSSR count). The molecule has 0 saturated carbocycles. The maximum atomic E-state index is 5.96. The maximum absolute atomic E-state index is 5.96. The van der Waals surface area contributed by atoms with Crippen LogP contribution in [-0.4, -0.2) is 31.9 Å². The Kier molecular flexibility index (Phi) is 4.53. The van der Waals surface area contributed by atoms with Crippen molar-refractivity contribution in [2.45, 2.75) is 39.4 Å². The Morgan fingerprint density at radius 2 is 2.21 bits per heavy atom. The quantitative estimate of drug-likeness (QED) is 0.853. The number of nitrogens with zero attached hydrogens (tertiary/aromatic N) is 1. The van der Waals surface area contributed by atoms with Gasteiger partial charge in [-0.25, -0.2) is 0 Å². The molecule has 1 aromatic carbocycles. The minimum absolute atomic E-state index is 0.129. The van der Waals surface area contributed by atoms with Crippen molar-refractivity contribution in [2.24, 2.45) is 0 Å². The SMILES string of the molecule is CC(C)Oc1cc(N2CCCOC(C)C2)ccc1N. The monoisotopic (exact) mass is 264 g/mol. The number of nitrogen functional groups attached to an aromatic ring is 1. The van der Waals surface area contributed by atoms with E-state index in [1.165, 1.54) is 0 Å².